The molecule has 1 aliphatic carbocycles. The van der Waals surface area contributed by atoms with Gasteiger partial charge in [-0.15, -0.1) is 0 Å². The maximum absolute atomic E-state index is 12.7. The molecule has 0 aromatic heterocycles. The minimum atomic E-state index is -0.121. The van der Waals surface area contributed by atoms with Gasteiger partial charge >= 0.3 is 0 Å². The van der Waals surface area contributed by atoms with Crippen LogP contribution in [-0.4, -0.2) is 19.5 Å². The normalized spacial score (nSPS) is 13.7. The third-order valence-corrected chi connectivity index (χ3v) is 5.62. The Balaban J connectivity index is 1.58. The lowest BCUT2D eigenvalue weighted by atomic mass is 10.0. The number of hydrogen-bond donors (Lipinski definition) is 2. The number of benzene rings is 3. The van der Waals surface area contributed by atoms with Crippen LogP contribution in [-0.2, 0) is 4.79 Å². The Kier molecular flexibility index (Phi) is 4.92. The molecule has 3 aromatic rings. The molecule has 0 saturated heterocycles. The number of para-hydroxylation sites is 1. The Morgan fingerprint density at radius 1 is 0.889 bits per heavy atom. The second-order valence-corrected chi connectivity index (χ2v) is 7.59. The van der Waals surface area contributed by atoms with Crippen LogP contribution in [0.5, 0.6) is 0 Å². The minimum absolute atomic E-state index is 0.116. The first-order chi connectivity index (χ1) is 13.1. The third kappa shape index (κ3) is 3.34. The zero-order chi connectivity index (χ0) is 19.0. The molecule has 0 spiro atoms. The van der Waals surface area contributed by atoms with Crippen LogP contribution >= 0.6 is 23.2 Å². The lowest BCUT2D eigenvalue weighted by Crippen LogP contribution is -3.10. The van der Waals surface area contributed by atoms with Crippen molar-refractivity contribution in [1.82, 2.24) is 0 Å². The van der Waals surface area contributed by atoms with Crippen molar-refractivity contribution >= 4 is 34.8 Å². The fourth-order valence-electron chi connectivity index (χ4n) is 3.84. The van der Waals surface area contributed by atoms with Gasteiger partial charge in [0.05, 0.1) is 22.8 Å². The molecule has 1 aliphatic rings. The summed E-state index contributed by atoms with van der Waals surface area (Å²) in [5.74, 6) is -0.121. The van der Waals surface area contributed by atoms with Gasteiger partial charge in [-0.1, -0.05) is 77.8 Å². The summed E-state index contributed by atoms with van der Waals surface area (Å²) >= 11 is 12.3. The van der Waals surface area contributed by atoms with Crippen LogP contribution in [0.15, 0.2) is 66.7 Å². The molecule has 2 N–H and O–H groups in total. The molecule has 136 valence electrons. The highest BCUT2D eigenvalue weighted by Crippen LogP contribution is 2.41. The molecule has 1 atom stereocenters. The first kappa shape index (κ1) is 18.1. The molecule has 0 bridgehead atoms. The molecule has 1 unspecified atom stereocenters. The van der Waals surface area contributed by atoms with Gasteiger partial charge in [-0.25, -0.2) is 0 Å². The predicted octanol–water partition coefficient (Wildman–Crippen LogP) is 4.22. The van der Waals surface area contributed by atoms with Crippen LogP contribution in [0, 0.1) is 0 Å². The van der Waals surface area contributed by atoms with Gasteiger partial charge in [0.1, 0.15) is 6.04 Å². The fourth-order valence-corrected chi connectivity index (χ4v) is 4.33. The lowest BCUT2D eigenvalue weighted by Gasteiger charge is -2.23. The van der Waals surface area contributed by atoms with E-state index < -0.39 is 0 Å². The van der Waals surface area contributed by atoms with Gasteiger partial charge in [-0.3, -0.25) is 4.79 Å². The summed E-state index contributed by atoms with van der Waals surface area (Å²) in [5, 5.41) is 3.73. The second kappa shape index (κ2) is 7.35. The van der Waals surface area contributed by atoms with Crippen molar-refractivity contribution in [3.63, 3.8) is 0 Å². The van der Waals surface area contributed by atoms with E-state index in [0.717, 1.165) is 4.90 Å². The Bertz CT molecular complexity index is 953. The van der Waals surface area contributed by atoms with E-state index >= 15 is 0 Å². The van der Waals surface area contributed by atoms with E-state index in [-0.39, 0.29) is 11.9 Å². The number of halogens is 2. The standard InChI is InChI=1S/C22H18Cl2N2O/c1-26(13-20(27)25-21-18(23)11-6-12-19(21)24)22-16-9-4-2-7-14(16)15-8-3-5-10-17(15)22/h2-12,22H,13H2,1H3,(H,25,27)/p+1. The molecule has 0 aliphatic heterocycles. The quantitative estimate of drug-likeness (QED) is 0.678. The number of fused-ring (bicyclic) bond motifs is 3. The second-order valence-electron chi connectivity index (χ2n) is 6.78. The summed E-state index contributed by atoms with van der Waals surface area (Å²) in [7, 11) is 2.04. The smallest absolute Gasteiger partial charge is 0.279 e. The average Bonchev–Trinajstić information content (AvgIpc) is 2.99. The Labute approximate surface area is 168 Å². The van der Waals surface area contributed by atoms with Crippen LogP contribution < -0.4 is 10.2 Å². The van der Waals surface area contributed by atoms with E-state index in [0.29, 0.717) is 22.3 Å². The van der Waals surface area contributed by atoms with E-state index in [1.165, 1.54) is 22.3 Å². The van der Waals surface area contributed by atoms with Gasteiger partial charge < -0.3 is 10.2 Å². The molecule has 0 heterocycles. The molecule has 5 heteroatoms. The van der Waals surface area contributed by atoms with Crippen LogP contribution in [0.3, 0.4) is 0 Å². The number of quaternary nitrogens is 1. The molecular formula is C22H19Cl2N2O+. The predicted molar refractivity (Wildman–Crippen MR) is 111 cm³/mol. The number of amides is 1. The van der Waals surface area contributed by atoms with E-state index in [9.17, 15) is 4.79 Å². The molecular weight excluding hydrogens is 379 g/mol. The third-order valence-electron chi connectivity index (χ3n) is 4.99. The van der Waals surface area contributed by atoms with E-state index in [1.807, 2.05) is 7.05 Å². The fraction of sp³-hybridized carbons (Fsp3) is 0.136. The van der Waals surface area contributed by atoms with Crippen LogP contribution in [0.4, 0.5) is 5.69 Å². The maximum atomic E-state index is 12.7. The lowest BCUT2D eigenvalue weighted by molar-refractivity contribution is -0.897. The monoisotopic (exact) mass is 397 g/mol. The molecule has 1 amide bonds. The van der Waals surface area contributed by atoms with Crippen molar-refractivity contribution in [3.8, 4) is 11.1 Å². The molecule has 4 rings (SSSR count). The Morgan fingerprint density at radius 2 is 1.41 bits per heavy atom. The van der Waals surface area contributed by atoms with Gasteiger partial charge in [-0.2, -0.15) is 0 Å². The number of anilines is 1. The SMILES string of the molecule is C[NH+](CC(=O)Nc1c(Cl)cccc1Cl)C1c2ccccc2-c2ccccc21. The summed E-state index contributed by atoms with van der Waals surface area (Å²) in [6.45, 7) is 0.300. The summed E-state index contributed by atoms with van der Waals surface area (Å²) < 4.78 is 0. The summed E-state index contributed by atoms with van der Waals surface area (Å²) in [6.07, 6.45) is 0. The molecule has 3 aromatic carbocycles. The number of carbonyl (C=O) groups excluding carboxylic acids is 1. The van der Waals surface area contributed by atoms with Crippen molar-refractivity contribution in [1.29, 1.82) is 0 Å². The van der Waals surface area contributed by atoms with Crippen LogP contribution in [0.25, 0.3) is 11.1 Å². The highest BCUT2D eigenvalue weighted by atomic mass is 35.5. The minimum Gasteiger partial charge on any atom is -0.320 e. The topological polar surface area (TPSA) is 33.5 Å². The van der Waals surface area contributed by atoms with Crippen molar-refractivity contribution in [2.24, 2.45) is 0 Å². The van der Waals surface area contributed by atoms with Crippen molar-refractivity contribution in [2.45, 2.75) is 6.04 Å². The Morgan fingerprint density at radius 3 is 1.96 bits per heavy atom. The van der Waals surface area contributed by atoms with Crippen molar-refractivity contribution < 1.29 is 9.69 Å². The molecule has 0 fully saturated rings. The van der Waals surface area contributed by atoms with Gasteiger partial charge in [0.2, 0.25) is 0 Å². The summed E-state index contributed by atoms with van der Waals surface area (Å²) in [5.41, 5.74) is 5.45. The number of rotatable bonds is 4. The van der Waals surface area contributed by atoms with Gasteiger partial charge in [0.25, 0.3) is 5.91 Å². The number of likely N-dealkylation sites (N-methyl/N-ethyl adjacent to an activating group) is 1. The van der Waals surface area contributed by atoms with Gasteiger partial charge in [-0.05, 0) is 23.3 Å². The van der Waals surface area contributed by atoms with Crippen LogP contribution in [0.1, 0.15) is 17.2 Å². The van der Waals surface area contributed by atoms with Crippen molar-refractivity contribution in [2.75, 3.05) is 18.9 Å². The first-order valence-electron chi connectivity index (χ1n) is 8.80. The van der Waals surface area contributed by atoms with E-state index in [4.69, 9.17) is 23.2 Å². The average molecular weight is 398 g/mol. The number of carbonyl (C=O) groups is 1. The zero-order valence-corrected chi connectivity index (χ0v) is 16.3. The first-order valence-corrected chi connectivity index (χ1v) is 9.56. The largest absolute Gasteiger partial charge is 0.320 e. The van der Waals surface area contributed by atoms with Crippen LogP contribution in [0.2, 0.25) is 10.0 Å². The van der Waals surface area contributed by atoms with Crippen molar-refractivity contribution in [3.05, 3.63) is 87.9 Å². The maximum Gasteiger partial charge on any atom is 0.279 e. The highest BCUT2D eigenvalue weighted by molar-refractivity contribution is 6.39. The zero-order valence-electron chi connectivity index (χ0n) is 14.8. The number of hydrogen-bond acceptors (Lipinski definition) is 1. The molecule has 0 saturated carbocycles. The molecule has 27 heavy (non-hydrogen) atoms. The molecule has 3 nitrogen and oxygen atoms in total. The Hall–Kier alpha value is -2.33. The molecule has 0 radical (unpaired) electrons. The van der Waals surface area contributed by atoms with Gasteiger partial charge in [0, 0.05) is 11.1 Å². The van der Waals surface area contributed by atoms with Gasteiger partial charge in [0.15, 0.2) is 6.54 Å². The van der Waals surface area contributed by atoms with E-state index in [1.54, 1.807) is 18.2 Å². The number of nitrogens with one attached hydrogen (secondary N) is 2. The summed E-state index contributed by atoms with van der Waals surface area (Å²) in [4.78, 5) is 13.7. The van der Waals surface area contributed by atoms with E-state index in [2.05, 4.69) is 53.8 Å². The highest BCUT2D eigenvalue weighted by Gasteiger charge is 2.34. The summed E-state index contributed by atoms with van der Waals surface area (Å²) in [6, 6.07) is 22.1.